The van der Waals surface area contributed by atoms with Gasteiger partial charge in [0.05, 0.1) is 18.2 Å². The third-order valence-electron chi connectivity index (χ3n) is 4.37. The van der Waals surface area contributed by atoms with Crippen molar-refractivity contribution in [3.8, 4) is 11.5 Å². The molecule has 0 spiro atoms. The van der Waals surface area contributed by atoms with Gasteiger partial charge in [0.15, 0.2) is 17.2 Å². The van der Waals surface area contributed by atoms with Crippen molar-refractivity contribution >= 4 is 29.5 Å². The van der Waals surface area contributed by atoms with Gasteiger partial charge in [-0.15, -0.1) is 0 Å². The van der Waals surface area contributed by atoms with Crippen LogP contribution in [-0.4, -0.2) is 25.1 Å². The standard InChI is InChI=1S/C23H24ClNO4/c1-5-27-20-13-15(11-18(24)21(20)28-6-2)12-19-23(26)29-22(25-19)17-9-7-16(8-10-17)14(3)4/h7-14H,5-6H2,1-4H3/b19-12-. The van der Waals surface area contributed by atoms with Crippen molar-refractivity contribution in [2.75, 3.05) is 13.2 Å². The summed E-state index contributed by atoms with van der Waals surface area (Å²) in [6.45, 7) is 8.94. The quantitative estimate of drug-likeness (QED) is 0.437. The van der Waals surface area contributed by atoms with E-state index in [4.69, 9.17) is 25.8 Å². The molecule has 0 radical (unpaired) electrons. The number of halogens is 1. The summed E-state index contributed by atoms with van der Waals surface area (Å²) >= 11 is 6.35. The molecule has 0 bridgehead atoms. The Labute approximate surface area is 176 Å². The zero-order chi connectivity index (χ0) is 21.0. The van der Waals surface area contributed by atoms with Crippen molar-refractivity contribution in [2.45, 2.75) is 33.6 Å². The van der Waals surface area contributed by atoms with E-state index in [0.29, 0.717) is 47.1 Å². The lowest BCUT2D eigenvalue weighted by molar-refractivity contribution is -0.129. The summed E-state index contributed by atoms with van der Waals surface area (Å²) in [4.78, 5) is 16.7. The van der Waals surface area contributed by atoms with Crippen LogP contribution in [0.1, 0.15) is 50.3 Å². The molecule has 1 aliphatic heterocycles. The second kappa shape index (κ2) is 9.14. The molecule has 1 heterocycles. The van der Waals surface area contributed by atoms with Gasteiger partial charge in [0, 0.05) is 5.56 Å². The minimum absolute atomic E-state index is 0.204. The Morgan fingerprint density at radius 3 is 2.41 bits per heavy atom. The Morgan fingerprint density at radius 2 is 1.79 bits per heavy atom. The number of ether oxygens (including phenoxy) is 3. The number of benzene rings is 2. The van der Waals surface area contributed by atoms with Crippen LogP contribution in [0.4, 0.5) is 0 Å². The molecule has 0 atom stereocenters. The summed E-state index contributed by atoms with van der Waals surface area (Å²) in [5.41, 5.74) is 2.84. The summed E-state index contributed by atoms with van der Waals surface area (Å²) in [6, 6.07) is 11.3. The maximum Gasteiger partial charge on any atom is 0.363 e. The van der Waals surface area contributed by atoms with Gasteiger partial charge in [-0.2, -0.15) is 0 Å². The predicted molar refractivity (Wildman–Crippen MR) is 115 cm³/mol. The molecule has 0 amide bonds. The van der Waals surface area contributed by atoms with Crippen LogP contribution in [0.5, 0.6) is 11.5 Å². The van der Waals surface area contributed by atoms with E-state index in [-0.39, 0.29) is 5.70 Å². The first-order valence-corrected chi connectivity index (χ1v) is 10.0. The second-order valence-corrected chi connectivity index (χ2v) is 7.22. The average molecular weight is 414 g/mol. The fraction of sp³-hybridized carbons (Fsp3) is 0.304. The lowest BCUT2D eigenvalue weighted by Crippen LogP contribution is -2.05. The van der Waals surface area contributed by atoms with Gasteiger partial charge in [0.1, 0.15) is 0 Å². The van der Waals surface area contributed by atoms with E-state index < -0.39 is 5.97 Å². The lowest BCUT2D eigenvalue weighted by Gasteiger charge is -2.13. The van der Waals surface area contributed by atoms with Crippen molar-refractivity contribution in [3.05, 3.63) is 63.8 Å². The molecule has 0 unspecified atom stereocenters. The molecule has 6 heteroatoms. The third kappa shape index (κ3) is 4.80. The van der Waals surface area contributed by atoms with E-state index in [9.17, 15) is 4.79 Å². The van der Waals surface area contributed by atoms with Gasteiger partial charge < -0.3 is 14.2 Å². The summed E-state index contributed by atoms with van der Waals surface area (Å²) in [5.74, 6) is 1.22. The molecular weight excluding hydrogens is 390 g/mol. The number of nitrogens with zero attached hydrogens (tertiary/aromatic N) is 1. The molecule has 3 rings (SSSR count). The van der Waals surface area contributed by atoms with Gasteiger partial charge in [-0.25, -0.2) is 9.79 Å². The Kier molecular flexibility index (Phi) is 6.60. The maximum atomic E-state index is 12.3. The predicted octanol–water partition coefficient (Wildman–Crippen LogP) is 5.61. The van der Waals surface area contributed by atoms with E-state index in [1.807, 2.05) is 38.1 Å². The lowest BCUT2D eigenvalue weighted by atomic mass is 10.0. The summed E-state index contributed by atoms with van der Waals surface area (Å²) in [6.07, 6.45) is 1.63. The largest absolute Gasteiger partial charge is 0.490 e. The van der Waals surface area contributed by atoms with Crippen molar-refractivity contribution < 1.29 is 19.0 Å². The molecular formula is C23H24ClNO4. The Hall–Kier alpha value is -2.79. The molecule has 152 valence electrons. The minimum atomic E-state index is -0.504. The molecule has 0 aromatic heterocycles. The van der Waals surface area contributed by atoms with Crippen molar-refractivity contribution in [3.63, 3.8) is 0 Å². The summed E-state index contributed by atoms with van der Waals surface area (Å²) < 4.78 is 16.6. The van der Waals surface area contributed by atoms with Crippen LogP contribution in [0.15, 0.2) is 47.1 Å². The Morgan fingerprint density at radius 1 is 1.10 bits per heavy atom. The van der Waals surface area contributed by atoms with E-state index in [1.165, 1.54) is 5.56 Å². The Balaban J connectivity index is 1.92. The number of esters is 1. The van der Waals surface area contributed by atoms with Gasteiger partial charge in [-0.3, -0.25) is 0 Å². The number of hydrogen-bond donors (Lipinski definition) is 0. The van der Waals surface area contributed by atoms with E-state index >= 15 is 0 Å². The first-order chi connectivity index (χ1) is 13.9. The Bertz CT molecular complexity index is 962. The fourth-order valence-corrected chi connectivity index (χ4v) is 3.19. The van der Waals surface area contributed by atoms with E-state index in [0.717, 1.165) is 5.56 Å². The van der Waals surface area contributed by atoms with E-state index in [2.05, 4.69) is 18.8 Å². The second-order valence-electron chi connectivity index (χ2n) is 6.81. The molecule has 0 saturated carbocycles. The zero-order valence-corrected chi connectivity index (χ0v) is 17.7. The molecule has 0 fully saturated rings. The van der Waals surface area contributed by atoms with Gasteiger partial charge in [0.25, 0.3) is 0 Å². The fourth-order valence-electron chi connectivity index (χ4n) is 2.92. The van der Waals surface area contributed by atoms with Gasteiger partial charge in [0.2, 0.25) is 5.90 Å². The summed E-state index contributed by atoms with van der Waals surface area (Å²) in [5, 5.41) is 0.407. The van der Waals surface area contributed by atoms with Gasteiger partial charge in [-0.05, 0) is 61.2 Å². The van der Waals surface area contributed by atoms with Crippen LogP contribution in [-0.2, 0) is 9.53 Å². The van der Waals surface area contributed by atoms with Crippen molar-refractivity contribution in [2.24, 2.45) is 4.99 Å². The van der Waals surface area contributed by atoms with Crippen LogP contribution in [0, 0.1) is 0 Å². The number of carbonyl (C=O) groups excluding carboxylic acids is 1. The molecule has 1 aliphatic rings. The van der Waals surface area contributed by atoms with Crippen LogP contribution >= 0.6 is 11.6 Å². The van der Waals surface area contributed by atoms with Gasteiger partial charge in [-0.1, -0.05) is 37.6 Å². The average Bonchev–Trinajstić information content (AvgIpc) is 3.05. The van der Waals surface area contributed by atoms with E-state index in [1.54, 1.807) is 18.2 Å². The first-order valence-electron chi connectivity index (χ1n) is 9.65. The van der Waals surface area contributed by atoms with Crippen LogP contribution in [0.25, 0.3) is 6.08 Å². The SMILES string of the molecule is CCOc1cc(/C=C2\N=C(c3ccc(C(C)C)cc3)OC2=O)cc(Cl)c1OCC. The van der Waals surface area contributed by atoms with Crippen LogP contribution in [0.2, 0.25) is 5.02 Å². The number of aliphatic imine (C=N–C) groups is 1. The van der Waals surface area contributed by atoms with Crippen LogP contribution in [0.3, 0.4) is 0 Å². The molecule has 2 aromatic rings. The third-order valence-corrected chi connectivity index (χ3v) is 4.65. The molecule has 0 aliphatic carbocycles. The highest BCUT2D eigenvalue weighted by Crippen LogP contribution is 2.37. The number of hydrogen-bond acceptors (Lipinski definition) is 5. The normalized spacial score (nSPS) is 14.9. The minimum Gasteiger partial charge on any atom is -0.490 e. The van der Waals surface area contributed by atoms with Crippen molar-refractivity contribution in [1.82, 2.24) is 0 Å². The number of cyclic esters (lactones) is 1. The molecule has 2 aromatic carbocycles. The first kappa shape index (κ1) is 20.9. The maximum absolute atomic E-state index is 12.3. The zero-order valence-electron chi connectivity index (χ0n) is 17.0. The number of rotatable bonds is 7. The van der Waals surface area contributed by atoms with Gasteiger partial charge >= 0.3 is 5.97 Å². The highest BCUT2D eigenvalue weighted by Gasteiger charge is 2.24. The molecule has 0 N–H and O–H groups in total. The molecule has 29 heavy (non-hydrogen) atoms. The monoisotopic (exact) mass is 413 g/mol. The van der Waals surface area contributed by atoms with Crippen LogP contribution < -0.4 is 9.47 Å². The topological polar surface area (TPSA) is 57.1 Å². The molecule has 5 nitrogen and oxygen atoms in total. The molecule has 0 saturated heterocycles. The summed E-state index contributed by atoms with van der Waals surface area (Å²) in [7, 11) is 0. The smallest absolute Gasteiger partial charge is 0.363 e. The highest BCUT2D eigenvalue weighted by molar-refractivity contribution is 6.32. The van der Waals surface area contributed by atoms with Crippen molar-refractivity contribution in [1.29, 1.82) is 0 Å². The number of carbonyl (C=O) groups is 1. The highest BCUT2D eigenvalue weighted by atomic mass is 35.5.